The molecular formula is C13H16Cl2F4N2O. The number of hydrogen-bond donors (Lipinski definition) is 2. The number of halogens is 6. The highest BCUT2D eigenvalue weighted by atomic mass is 35.5. The van der Waals surface area contributed by atoms with Gasteiger partial charge in [0.25, 0.3) is 0 Å². The van der Waals surface area contributed by atoms with E-state index < -0.39 is 35.8 Å². The van der Waals surface area contributed by atoms with Gasteiger partial charge in [0.15, 0.2) is 0 Å². The molecule has 2 rings (SSSR count). The van der Waals surface area contributed by atoms with E-state index in [0.29, 0.717) is 26.2 Å². The van der Waals surface area contributed by atoms with Crippen molar-refractivity contribution in [2.45, 2.75) is 12.2 Å². The molecule has 1 aromatic carbocycles. The van der Waals surface area contributed by atoms with Crippen LogP contribution in [0.5, 0.6) is 0 Å². The standard InChI is InChI=1S/C13H15ClF4N2O.ClH/c14-9-2-1-8(13(16,17)18)11(12(9)15)10(7-21)20-5-3-19-4-6-20;/h1-2,10,19,21H,3-7H2;1H/t10-;/m1./s1. The minimum Gasteiger partial charge on any atom is -0.394 e. The van der Waals surface area contributed by atoms with Crippen molar-refractivity contribution in [3.8, 4) is 0 Å². The van der Waals surface area contributed by atoms with Gasteiger partial charge in [-0.25, -0.2) is 4.39 Å². The second-order valence-electron chi connectivity index (χ2n) is 4.80. The number of rotatable bonds is 3. The zero-order valence-corrected chi connectivity index (χ0v) is 13.0. The van der Waals surface area contributed by atoms with E-state index in [2.05, 4.69) is 5.32 Å². The summed E-state index contributed by atoms with van der Waals surface area (Å²) >= 11 is 5.62. The zero-order chi connectivity index (χ0) is 15.6. The second-order valence-corrected chi connectivity index (χ2v) is 5.21. The molecular weight excluding hydrogens is 347 g/mol. The summed E-state index contributed by atoms with van der Waals surface area (Å²) in [6, 6.07) is 0.573. The van der Waals surface area contributed by atoms with E-state index in [9.17, 15) is 22.7 Å². The topological polar surface area (TPSA) is 35.5 Å². The molecule has 2 N–H and O–H groups in total. The molecule has 3 nitrogen and oxygen atoms in total. The van der Waals surface area contributed by atoms with Crippen LogP contribution >= 0.6 is 24.0 Å². The molecule has 0 aliphatic carbocycles. The molecule has 1 aliphatic heterocycles. The van der Waals surface area contributed by atoms with Crippen LogP contribution in [0.2, 0.25) is 5.02 Å². The maximum Gasteiger partial charge on any atom is 0.416 e. The molecule has 0 unspecified atom stereocenters. The van der Waals surface area contributed by atoms with E-state index >= 15 is 0 Å². The predicted octanol–water partition coefficient (Wildman–Crippen LogP) is 2.86. The molecule has 0 spiro atoms. The average Bonchev–Trinajstić information content (AvgIpc) is 2.44. The molecule has 0 radical (unpaired) electrons. The van der Waals surface area contributed by atoms with Gasteiger partial charge in [-0.05, 0) is 12.1 Å². The number of nitrogens with zero attached hydrogens (tertiary/aromatic N) is 1. The number of aliphatic hydroxyl groups is 1. The first kappa shape index (κ1) is 19.4. The second kappa shape index (κ2) is 7.79. The van der Waals surface area contributed by atoms with Gasteiger partial charge < -0.3 is 10.4 Å². The van der Waals surface area contributed by atoms with Crippen molar-refractivity contribution in [3.63, 3.8) is 0 Å². The average molecular weight is 363 g/mol. The van der Waals surface area contributed by atoms with Crippen molar-refractivity contribution in [2.24, 2.45) is 0 Å². The molecule has 1 fully saturated rings. The minimum absolute atomic E-state index is 0. The number of hydrogen-bond acceptors (Lipinski definition) is 3. The molecule has 9 heteroatoms. The Hall–Kier alpha value is -0.600. The van der Waals surface area contributed by atoms with Crippen LogP contribution in [0.15, 0.2) is 12.1 Å². The predicted molar refractivity (Wildman–Crippen MR) is 77.9 cm³/mol. The maximum atomic E-state index is 14.2. The summed E-state index contributed by atoms with van der Waals surface area (Å²) in [5, 5.41) is 12.2. The lowest BCUT2D eigenvalue weighted by Gasteiger charge is -2.35. The first-order chi connectivity index (χ1) is 9.86. The molecule has 1 aromatic rings. The van der Waals surface area contributed by atoms with Crippen LogP contribution in [-0.4, -0.2) is 42.8 Å². The third kappa shape index (κ3) is 4.02. The van der Waals surface area contributed by atoms with Crippen LogP contribution in [0.1, 0.15) is 17.2 Å². The molecule has 22 heavy (non-hydrogen) atoms. The summed E-state index contributed by atoms with van der Waals surface area (Å²) in [4.78, 5) is 1.63. The number of benzene rings is 1. The molecule has 1 heterocycles. The Morgan fingerprint density at radius 2 is 1.86 bits per heavy atom. The van der Waals surface area contributed by atoms with Crippen molar-refractivity contribution >= 4 is 24.0 Å². The van der Waals surface area contributed by atoms with Crippen molar-refractivity contribution < 1.29 is 22.7 Å². The summed E-state index contributed by atoms with van der Waals surface area (Å²) < 4.78 is 53.5. The quantitative estimate of drug-likeness (QED) is 0.811. The highest BCUT2D eigenvalue weighted by Gasteiger charge is 2.39. The summed E-state index contributed by atoms with van der Waals surface area (Å²) in [5.41, 5.74) is -1.68. The molecule has 0 aromatic heterocycles. The molecule has 0 saturated carbocycles. The Labute approximate surface area is 136 Å². The van der Waals surface area contributed by atoms with E-state index in [-0.39, 0.29) is 17.4 Å². The van der Waals surface area contributed by atoms with Crippen LogP contribution in [-0.2, 0) is 6.18 Å². The fraction of sp³-hybridized carbons (Fsp3) is 0.538. The van der Waals surface area contributed by atoms with Crippen molar-refractivity contribution in [2.75, 3.05) is 32.8 Å². The van der Waals surface area contributed by atoms with Gasteiger partial charge >= 0.3 is 6.18 Å². The van der Waals surface area contributed by atoms with Gasteiger partial charge in [0.1, 0.15) is 5.82 Å². The Morgan fingerprint density at radius 3 is 2.36 bits per heavy atom. The molecule has 0 amide bonds. The van der Waals surface area contributed by atoms with Gasteiger partial charge in [-0.15, -0.1) is 12.4 Å². The SMILES string of the molecule is Cl.OC[C@H](c1c(C(F)(F)F)ccc(Cl)c1F)N1CCNCC1. The van der Waals surface area contributed by atoms with Gasteiger partial charge in [-0.2, -0.15) is 13.2 Å². The van der Waals surface area contributed by atoms with E-state index in [1.165, 1.54) is 0 Å². The van der Waals surface area contributed by atoms with Crippen LogP contribution < -0.4 is 5.32 Å². The van der Waals surface area contributed by atoms with Gasteiger partial charge in [-0.3, -0.25) is 4.90 Å². The van der Waals surface area contributed by atoms with Crippen molar-refractivity contribution in [1.82, 2.24) is 10.2 Å². The summed E-state index contributed by atoms with van der Waals surface area (Å²) in [6.45, 7) is 1.38. The van der Waals surface area contributed by atoms with E-state index in [0.717, 1.165) is 12.1 Å². The lowest BCUT2D eigenvalue weighted by molar-refractivity contribution is -0.139. The minimum atomic E-state index is -4.71. The van der Waals surface area contributed by atoms with E-state index in [1.54, 1.807) is 4.90 Å². The molecule has 126 valence electrons. The monoisotopic (exact) mass is 362 g/mol. The Kier molecular flexibility index (Phi) is 6.88. The summed E-state index contributed by atoms with van der Waals surface area (Å²) in [7, 11) is 0. The van der Waals surface area contributed by atoms with Gasteiger partial charge in [0, 0.05) is 31.7 Å². The number of alkyl halides is 3. The Balaban J connectivity index is 0.00000242. The van der Waals surface area contributed by atoms with E-state index in [1.807, 2.05) is 0 Å². The lowest BCUT2D eigenvalue weighted by Crippen LogP contribution is -2.46. The normalized spacial score (nSPS) is 17.9. The molecule has 1 saturated heterocycles. The molecule has 0 bridgehead atoms. The van der Waals surface area contributed by atoms with Crippen molar-refractivity contribution in [1.29, 1.82) is 0 Å². The van der Waals surface area contributed by atoms with Gasteiger partial charge in [0.05, 0.1) is 23.2 Å². The Bertz CT molecular complexity index is 508. The lowest BCUT2D eigenvalue weighted by atomic mass is 9.97. The zero-order valence-electron chi connectivity index (χ0n) is 11.5. The molecule has 1 aliphatic rings. The van der Waals surface area contributed by atoms with Crippen molar-refractivity contribution in [3.05, 3.63) is 34.1 Å². The third-order valence-electron chi connectivity index (χ3n) is 3.54. The van der Waals surface area contributed by atoms with Crippen LogP contribution in [0.3, 0.4) is 0 Å². The summed E-state index contributed by atoms with van der Waals surface area (Å²) in [6.07, 6.45) is -4.71. The highest BCUT2D eigenvalue weighted by Crippen LogP contribution is 2.39. The number of aliphatic hydroxyl groups excluding tert-OH is 1. The fourth-order valence-electron chi connectivity index (χ4n) is 2.52. The van der Waals surface area contributed by atoms with Gasteiger partial charge in [-0.1, -0.05) is 11.6 Å². The van der Waals surface area contributed by atoms with Crippen LogP contribution in [0.25, 0.3) is 0 Å². The first-order valence-corrected chi connectivity index (χ1v) is 6.84. The smallest absolute Gasteiger partial charge is 0.394 e. The fourth-order valence-corrected chi connectivity index (χ4v) is 2.69. The summed E-state index contributed by atoms with van der Waals surface area (Å²) in [5.74, 6) is -1.12. The highest BCUT2D eigenvalue weighted by molar-refractivity contribution is 6.30. The first-order valence-electron chi connectivity index (χ1n) is 6.47. The maximum absolute atomic E-state index is 14.2. The Morgan fingerprint density at radius 1 is 1.27 bits per heavy atom. The van der Waals surface area contributed by atoms with Gasteiger partial charge in [0.2, 0.25) is 0 Å². The van der Waals surface area contributed by atoms with Crippen LogP contribution in [0.4, 0.5) is 17.6 Å². The number of piperazine rings is 1. The van der Waals surface area contributed by atoms with E-state index in [4.69, 9.17) is 11.6 Å². The number of nitrogens with one attached hydrogen (secondary N) is 1. The largest absolute Gasteiger partial charge is 0.416 e. The van der Waals surface area contributed by atoms with Crippen LogP contribution in [0, 0.1) is 5.82 Å². The molecule has 1 atom stereocenters. The third-order valence-corrected chi connectivity index (χ3v) is 3.83.